The van der Waals surface area contributed by atoms with Gasteiger partial charge in [-0.1, -0.05) is 6.42 Å². The van der Waals surface area contributed by atoms with E-state index in [4.69, 9.17) is 4.74 Å². The third kappa shape index (κ3) is 5.66. The molecule has 4 nitrogen and oxygen atoms in total. The van der Waals surface area contributed by atoms with Crippen molar-refractivity contribution in [1.29, 1.82) is 0 Å². The van der Waals surface area contributed by atoms with Gasteiger partial charge < -0.3 is 20.3 Å². The van der Waals surface area contributed by atoms with Crippen molar-refractivity contribution in [3.05, 3.63) is 59.2 Å². The number of aryl methyl sites for hydroxylation is 2. The maximum atomic E-state index is 13.2. The van der Waals surface area contributed by atoms with Crippen LogP contribution in [0.3, 0.4) is 0 Å². The van der Waals surface area contributed by atoms with Crippen molar-refractivity contribution in [3.63, 3.8) is 0 Å². The Morgan fingerprint density at radius 1 is 1.07 bits per heavy atom. The predicted octanol–water partition coefficient (Wildman–Crippen LogP) is 3.73. The van der Waals surface area contributed by atoms with Gasteiger partial charge in [-0.25, -0.2) is 8.78 Å². The van der Waals surface area contributed by atoms with E-state index in [0.29, 0.717) is 37.1 Å². The van der Waals surface area contributed by atoms with Gasteiger partial charge in [0, 0.05) is 6.54 Å². The minimum atomic E-state index is -0.623. The van der Waals surface area contributed by atoms with Crippen LogP contribution in [0.5, 0.6) is 11.5 Å². The zero-order valence-corrected chi connectivity index (χ0v) is 15.8. The van der Waals surface area contributed by atoms with Crippen LogP contribution in [0, 0.1) is 11.6 Å². The first-order valence-electron chi connectivity index (χ1n) is 9.84. The highest BCUT2D eigenvalue weighted by atomic mass is 19.1. The molecule has 0 spiro atoms. The van der Waals surface area contributed by atoms with Gasteiger partial charge in [0.05, 0.1) is 0 Å². The van der Waals surface area contributed by atoms with Crippen molar-refractivity contribution < 1.29 is 23.7 Å². The van der Waals surface area contributed by atoms with Gasteiger partial charge in [0.15, 0.2) is 0 Å². The van der Waals surface area contributed by atoms with Gasteiger partial charge in [-0.3, -0.25) is 0 Å². The predicted molar refractivity (Wildman–Crippen MR) is 104 cm³/mol. The quantitative estimate of drug-likeness (QED) is 0.570. The van der Waals surface area contributed by atoms with E-state index in [1.54, 1.807) is 6.07 Å². The van der Waals surface area contributed by atoms with Crippen molar-refractivity contribution in [2.75, 3.05) is 13.1 Å². The van der Waals surface area contributed by atoms with Gasteiger partial charge >= 0.3 is 0 Å². The number of unbranched alkanes of at least 4 members (excludes halogenated alkanes) is 2. The average Bonchev–Trinajstić information content (AvgIpc) is 2.69. The molecule has 28 heavy (non-hydrogen) atoms. The molecule has 1 unspecified atom stereocenters. The van der Waals surface area contributed by atoms with E-state index < -0.39 is 6.10 Å². The summed E-state index contributed by atoms with van der Waals surface area (Å²) in [5, 5.41) is 23.3. The van der Waals surface area contributed by atoms with Gasteiger partial charge in [0.1, 0.15) is 35.3 Å². The number of hydrogen-bond acceptors (Lipinski definition) is 4. The molecule has 2 atom stereocenters. The van der Waals surface area contributed by atoms with E-state index in [2.05, 4.69) is 5.32 Å². The van der Waals surface area contributed by atoms with Crippen LogP contribution in [-0.2, 0) is 12.8 Å². The molecule has 1 aliphatic heterocycles. The number of fused-ring (bicyclic) bond motifs is 1. The summed E-state index contributed by atoms with van der Waals surface area (Å²) < 4.78 is 32.2. The summed E-state index contributed by atoms with van der Waals surface area (Å²) in [5.41, 5.74) is 1.48. The molecule has 1 aliphatic rings. The zero-order valence-electron chi connectivity index (χ0n) is 15.8. The molecule has 3 N–H and O–H groups in total. The van der Waals surface area contributed by atoms with Gasteiger partial charge in [0.2, 0.25) is 0 Å². The average molecular weight is 391 g/mol. The van der Waals surface area contributed by atoms with E-state index in [9.17, 15) is 19.0 Å². The molecule has 0 saturated carbocycles. The van der Waals surface area contributed by atoms with E-state index >= 15 is 0 Å². The number of aromatic hydroxyl groups is 1. The van der Waals surface area contributed by atoms with Gasteiger partial charge in [-0.2, -0.15) is 0 Å². The second kappa shape index (κ2) is 9.85. The standard InChI is InChI=1S/C22H27F2NO3/c23-17-6-8-19(26)15(12-17)4-2-1-3-11-25-14-20(27)22-9-5-16-13-18(24)7-10-21(16)28-22/h6-8,10,12-13,20,22,25-27H,1-5,9,11,14H2/t20-,22?/m1/s1. The number of nitrogens with one attached hydrogen (secondary N) is 1. The van der Waals surface area contributed by atoms with Crippen molar-refractivity contribution in [1.82, 2.24) is 5.32 Å². The van der Waals surface area contributed by atoms with Crippen LogP contribution in [0.4, 0.5) is 8.78 Å². The van der Waals surface area contributed by atoms with E-state index in [0.717, 1.165) is 31.4 Å². The molecule has 6 heteroatoms. The van der Waals surface area contributed by atoms with Gasteiger partial charge in [-0.15, -0.1) is 0 Å². The van der Waals surface area contributed by atoms with Crippen LogP contribution in [0.25, 0.3) is 0 Å². The molecule has 0 radical (unpaired) electrons. The molecule has 0 fully saturated rings. The third-order valence-corrected chi connectivity index (χ3v) is 5.12. The highest BCUT2D eigenvalue weighted by Gasteiger charge is 2.26. The topological polar surface area (TPSA) is 61.7 Å². The Labute approximate surface area is 164 Å². The van der Waals surface area contributed by atoms with E-state index in [1.165, 1.54) is 30.3 Å². The lowest BCUT2D eigenvalue weighted by molar-refractivity contribution is 0.0245. The van der Waals surface area contributed by atoms with Crippen LogP contribution in [0.1, 0.15) is 36.8 Å². The molecular formula is C22H27F2NO3. The Hall–Kier alpha value is -2.18. The smallest absolute Gasteiger partial charge is 0.126 e. The Morgan fingerprint density at radius 2 is 1.86 bits per heavy atom. The van der Waals surface area contributed by atoms with Crippen molar-refractivity contribution in [2.24, 2.45) is 0 Å². The molecule has 0 saturated heterocycles. The number of halogens is 2. The molecule has 2 aromatic carbocycles. The van der Waals surface area contributed by atoms with Crippen LogP contribution in [-0.4, -0.2) is 35.5 Å². The first kappa shape index (κ1) is 20.6. The fourth-order valence-electron chi connectivity index (χ4n) is 3.53. The second-order valence-corrected chi connectivity index (χ2v) is 7.30. The summed E-state index contributed by atoms with van der Waals surface area (Å²) in [6.07, 6.45) is 3.82. The lowest BCUT2D eigenvalue weighted by atomic mass is 9.99. The van der Waals surface area contributed by atoms with Crippen LogP contribution < -0.4 is 10.1 Å². The highest BCUT2D eigenvalue weighted by Crippen LogP contribution is 2.29. The van der Waals surface area contributed by atoms with Crippen LogP contribution >= 0.6 is 0 Å². The molecule has 152 valence electrons. The minimum Gasteiger partial charge on any atom is -0.508 e. The lowest BCUT2D eigenvalue weighted by Gasteiger charge is -2.29. The number of aliphatic hydroxyl groups is 1. The molecule has 0 aromatic heterocycles. The fourth-order valence-corrected chi connectivity index (χ4v) is 3.53. The summed E-state index contributed by atoms with van der Waals surface area (Å²) in [6, 6.07) is 8.49. The fraction of sp³-hybridized carbons (Fsp3) is 0.455. The number of phenols is 1. The number of benzene rings is 2. The largest absolute Gasteiger partial charge is 0.508 e. The SMILES string of the molecule is Oc1ccc(F)cc1CCCCCNC[C@@H](O)C1CCc2cc(F)ccc2O1. The second-order valence-electron chi connectivity index (χ2n) is 7.30. The summed E-state index contributed by atoms with van der Waals surface area (Å²) in [4.78, 5) is 0. The van der Waals surface area contributed by atoms with Crippen molar-refractivity contribution in [3.8, 4) is 11.5 Å². The Balaban J connectivity index is 1.30. The Morgan fingerprint density at radius 3 is 2.71 bits per heavy atom. The summed E-state index contributed by atoms with van der Waals surface area (Å²) in [5.74, 6) is 0.188. The van der Waals surface area contributed by atoms with E-state index in [-0.39, 0.29) is 23.5 Å². The maximum Gasteiger partial charge on any atom is 0.126 e. The summed E-state index contributed by atoms with van der Waals surface area (Å²) in [6.45, 7) is 1.20. The zero-order chi connectivity index (χ0) is 19.9. The molecule has 2 aromatic rings. The van der Waals surface area contributed by atoms with E-state index in [1.807, 2.05) is 0 Å². The number of ether oxygens (including phenoxy) is 1. The minimum absolute atomic E-state index is 0.138. The van der Waals surface area contributed by atoms with Crippen molar-refractivity contribution >= 4 is 0 Å². The number of aliphatic hydroxyl groups excluding tert-OH is 1. The molecule has 1 heterocycles. The molecular weight excluding hydrogens is 364 g/mol. The lowest BCUT2D eigenvalue weighted by Crippen LogP contribution is -2.41. The van der Waals surface area contributed by atoms with Crippen LogP contribution in [0.2, 0.25) is 0 Å². The van der Waals surface area contributed by atoms with Crippen LogP contribution in [0.15, 0.2) is 36.4 Å². The molecule has 0 aliphatic carbocycles. The number of hydrogen-bond donors (Lipinski definition) is 3. The summed E-state index contributed by atoms with van der Waals surface area (Å²) >= 11 is 0. The Bertz CT molecular complexity index is 784. The normalized spacial score (nSPS) is 17.0. The maximum absolute atomic E-state index is 13.2. The number of phenolic OH excluding ortho intramolecular Hbond substituents is 1. The Kier molecular flexibility index (Phi) is 7.23. The molecule has 0 amide bonds. The van der Waals surface area contributed by atoms with Gasteiger partial charge in [-0.05, 0) is 86.2 Å². The monoisotopic (exact) mass is 391 g/mol. The number of rotatable bonds is 9. The summed E-state index contributed by atoms with van der Waals surface area (Å²) in [7, 11) is 0. The highest BCUT2D eigenvalue weighted by molar-refractivity contribution is 5.36. The first-order chi connectivity index (χ1) is 13.5. The molecule has 3 rings (SSSR count). The van der Waals surface area contributed by atoms with Gasteiger partial charge in [0.25, 0.3) is 0 Å². The molecule has 0 bridgehead atoms. The van der Waals surface area contributed by atoms with Crippen molar-refractivity contribution in [2.45, 2.75) is 50.7 Å². The first-order valence-corrected chi connectivity index (χ1v) is 9.84. The third-order valence-electron chi connectivity index (χ3n) is 5.12.